The molecular formula is C19H23FN4O. The third kappa shape index (κ3) is 3.05. The van der Waals surface area contributed by atoms with Crippen molar-refractivity contribution in [3.8, 4) is 0 Å². The minimum Gasteiger partial charge on any atom is -0.338 e. The van der Waals surface area contributed by atoms with Crippen LogP contribution in [0.25, 0.3) is 0 Å². The van der Waals surface area contributed by atoms with E-state index in [4.69, 9.17) is 0 Å². The Balaban J connectivity index is 1.53. The number of rotatable bonds is 4. The highest BCUT2D eigenvalue weighted by molar-refractivity contribution is 5.94. The van der Waals surface area contributed by atoms with Crippen LogP contribution in [0.2, 0.25) is 0 Å². The van der Waals surface area contributed by atoms with Crippen LogP contribution in [-0.4, -0.2) is 45.8 Å². The summed E-state index contributed by atoms with van der Waals surface area (Å²) in [5.41, 5.74) is 2.91. The molecule has 4 rings (SSSR count). The molecule has 1 amide bonds. The van der Waals surface area contributed by atoms with E-state index in [9.17, 15) is 9.18 Å². The van der Waals surface area contributed by atoms with Crippen molar-refractivity contribution < 1.29 is 9.18 Å². The van der Waals surface area contributed by atoms with E-state index in [-0.39, 0.29) is 17.7 Å². The number of benzene rings is 1. The average Bonchev–Trinajstić information content (AvgIpc) is 3.19. The van der Waals surface area contributed by atoms with Crippen LogP contribution in [0.1, 0.15) is 57.8 Å². The zero-order valence-corrected chi connectivity index (χ0v) is 14.6. The zero-order valence-electron chi connectivity index (χ0n) is 14.6. The van der Waals surface area contributed by atoms with Gasteiger partial charge in [0.05, 0.1) is 6.67 Å². The van der Waals surface area contributed by atoms with E-state index in [1.54, 1.807) is 4.90 Å². The number of hydrogen-bond acceptors (Lipinski definition) is 3. The molecule has 1 aliphatic carbocycles. The molecule has 1 N–H and O–H groups in total. The molecule has 25 heavy (non-hydrogen) atoms. The Morgan fingerprint density at radius 2 is 2.08 bits per heavy atom. The molecule has 2 aliphatic rings. The number of hydrogen-bond donors (Lipinski definition) is 1. The van der Waals surface area contributed by atoms with Crippen LogP contribution in [0.5, 0.6) is 0 Å². The predicted molar refractivity (Wildman–Crippen MR) is 92.4 cm³/mol. The molecule has 0 bridgehead atoms. The minimum absolute atomic E-state index is 0.0361. The normalized spacial score (nSPS) is 23.2. The van der Waals surface area contributed by atoms with Crippen molar-refractivity contribution in [1.82, 2.24) is 20.1 Å². The zero-order chi connectivity index (χ0) is 17.6. The number of aryl methyl sites for hydroxylation is 2. The highest BCUT2D eigenvalue weighted by Gasteiger charge is 2.39. The van der Waals surface area contributed by atoms with Crippen molar-refractivity contribution >= 4 is 5.91 Å². The Kier molecular flexibility index (Phi) is 4.06. The second-order valence-corrected chi connectivity index (χ2v) is 7.38. The van der Waals surface area contributed by atoms with Gasteiger partial charge in [-0.05, 0) is 49.9 Å². The van der Waals surface area contributed by atoms with E-state index in [0.29, 0.717) is 24.6 Å². The summed E-state index contributed by atoms with van der Waals surface area (Å²) in [6.45, 7) is 4.47. The molecule has 1 aromatic carbocycles. The van der Waals surface area contributed by atoms with E-state index >= 15 is 0 Å². The van der Waals surface area contributed by atoms with Gasteiger partial charge in [-0.2, -0.15) is 5.10 Å². The third-order valence-corrected chi connectivity index (χ3v) is 5.49. The van der Waals surface area contributed by atoms with Gasteiger partial charge in [-0.25, -0.2) is 4.98 Å². The van der Waals surface area contributed by atoms with Gasteiger partial charge < -0.3 is 4.90 Å². The van der Waals surface area contributed by atoms with Gasteiger partial charge in [0.1, 0.15) is 5.82 Å². The van der Waals surface area contributed by atoms with E-state index in [0.717, 1.165) is 35.6 Å². The van der Waals surface area contributed by atoms with Crippen LogP contribution in [0.3, 0.4) is 0 Å². The second kappa shape index (κ2) is 6.24. The fraction of sp³-hybridized carbons (Fsp3) is 0.526. The van der Waals surface area contributed by atoms with Gasteiger partial charge in [0.2, 0.25) is 0 Å². The number of aromatic nitrogens is 3. The standard InChI is InChI=1S/C19H23FN4O/c1-11-3-4-14(7-12(11)2)19(25)24-9-15(8-20)16(10-24)18-21-17(22-23-18)13-5-6-13/h3-4,7,13,15-16H,5-6,8-10H2,1-2H3,(H,21,22,23)/t15-,16-/m1/s1. The van der Waals surface area contributed by atoms with Crippen molar-refractivity contribution in [2.24, 2.45) is 5.92 Å². The number of likely N-dealkylation sites (tertiary alicyclic amines) is 1. The van der Waals surface area contributed by atoms with Crippen LogP contribution in [0.4, 0.5) is 4.39 Å². The van der Waals surface area contributed by atoms with Crippen molar-refractivity contribution in [1.29, 1.82) is 0 Å². The van der Waals surface area contributed by atoms with E-state index < -0.39 is 6.67 Å². The number of nitrogens with one attached hydrogen (secondary N) is 1. The van der Waals surface area contributed by atoms with Crippen molar-refractivity contribution in [2.45, 2.75) is 38.5 Å². The molecule has 0 spiro atoms. The number of carbonyl (C=O) groups is 1. The number of nitrogens with zero attached hydrogens (tertiary/aromatic N) is 3. The molecule has 1 saturated heterocycles. The quantitative estimate of drug-likeness (QED) is 0.928. The van der Waals surface area contributed by atoms with Crippen LogP contribution in [0, 0.1) is 19.8 Å². The number of carbonyl (C=O) groups excluding carboxylic acids is 1. The molecule has 1 aliphatic heterocycles. The van der Waals surface area contributed by atoms with Crippen LogP contribution < -0.4 is 0 Å². The first-order chi connectivity index (χ1) is 12.1. The molecule has 132 valence electrons. The molecule has 1 aromatic heterocycles. The van der Waals surface area contributed by atoms with Gasteiger partial charge in [-0.3, -0.25) is 14.3 Å². The highest BCUT2D eigenvalue weighted by Crippen LogP contribution is 2.39. The molecular weight excluding hydrogens is 319 g/mol. The molecule has 5 nitrogen and oxygen atoms in total. The third-order valence-electron chi connectivity index (χ3n) is 5.49. The molecule has 2 heterocycles. The lowest BCUT2D eigenvalue weighted by Crippen LogP contribution is -2.29. The summed E-state index contributed by atoms with van der Waals surface area (Å²) in [6, 6.07) is 5.72. The summed E-state index contributed by atoms with van der Waals surface area (Å²) in [5, 5.41) is 7.26. The monoisotopic (exact) mass is 342 g/mol. The summed E-state index contributed by atoms with van der Waals surface area (Å²) in [7, 11) is 0. The first-order valence-corrected chi connectivity index (χ1v) is 8.91. The summed E-state index contributed by atoms with van der Waals surface area (Å²) >= 11 is 0. The van der Waals surface area contributed by atoms with Crippen LogP contribution >= 0.6 is 0 Å². The molecule has 6 heteroatoms. The van der Waals surface area contributed by atoms with Gasteiger partial charge in [0.25, 0.3) is 5.91 Å². The Morgan fingerprint density at radius 1 is 1.28 bits per heavy atom. The Bertz CT molecular complexity index is 798. The largest absolute Gasteiger partial charge is 0.338 e. The maximum absolute atomic E-state index is 13.6. The first-order valence-electron chi connectivity index (χ1n) is 8.91. The van der Waals surface area contributed by atoms with E-state index in [1.807, 2.05) is 32.0 Å². The van der Waals surface area contributed by atoms with Crippen LogP contribution in [-0.2, 0) is 0 Å². The molecule has 2 aromatic rings. The molecule has 2 fully saturated rings. The first kappa shape index (κ1) is 16.2. The minimum atomic E-state index is -0.458. The number of alkyl halides is 1. The average molecular weight is 342 g/mol. The summed E-state index contributed by atoms with van der Waals surface area (Å²) in [4.78, 5) is 19.2. The van der Waals surface area contributed by atoms with Gasteiger partial charge in [-0.15, -0.1) is 0 Å². The van der Waals surface area contributed by atoms with Crippen molar-refractivity contribution in [3.05, 3.63) is 46.5 Å². The topological polar surface area (TPSA) is 61.9 Å². The van der Waals surface area contributed by atoms with Crippen molar-refractivity contribution in [2.75, 3.05) is 19.8 Å². The second-order valence-electron chi connectivity index (χ2n) is 7.38. The highest BCUT2D eigenvalue weighted by atomic mass is 19.1. The summed E-state index contributed by atoms with van der Waals surface area (Å²) in [5.74, 6) is 1.65. The summed E-state index contributed by atoms with van der Waals surface area (Å²) in [6.07, 6.45) is 2.26. The Hall–Kier alpha value is -2.24. The lowest BCUT2D eigenvalue weighted by molar-refractivity contribution is 0.0784. The maximum Gasteiger partial charge on any atom is 0.253 e. The number of aromatic amines is 1. The SMILES string of the molecule is Cc1ccc(C(=O)N2C[C@@H](CF)[C@H](c3nc(C4CC4)n[nH]3)C2)cc1C. The molecule has 2 atom stereocenters. The Labute approximate surface area is 146 Å². The summed E-state index contributed by atoms with van der Waals surface area (Å²) < 4.78 is 13.6. The maximum atomic E-state index is 13.6. The van der Waals surface area contributed by atoms with Gasteiger partial charge in [-0.1, -0.05) is 6.07 Å². The molecule has 1 saturated carbocycles. The fourth-order valence-corrected chi connectivity index (χ4v) is 3.54. The number of halogens is 1. The molecule has 0 radical (unpaired) electrons. The lowest BCUT2D eigenvalue weighted by Gasteiger charge is -2.16. The fourth-order valence-electron chi connectivity index (χ4n) is 3.54. The lowest BCUT2D eigenvalue weighted by atomic mass is 9.97. The predicted octanol–water partition coefficient (Wildman–Crippen LogP) is 3.12. The van der Waals surface area contributed by atoms with Crippen molar-refractivity contribution in [3.63, 3.8) is 0 Å². The van der Waals surface area contributed by atoms with Gasteiger partial charge >= 0.3 is 0 Å². The molecule has 0 unspecified atom stereocenters. The number of amides is 1. The van der Waals surface area contributed by atoms with E-state index in [2.05, 4.69) is 15.2 Å². The van der Waals surface area contributed by atoms with E-state index in [1.165, 1.54) is 0 Å². The Morgan fingerprint density at radius 3 is 2.76 bits per heavy atom. The van der Waals surface area contributed by atoms with Gasteiger partial charge in [0.15, 0.2) is 5.82 Å². The number of H-pyrrole nitrogens is 1. The van der Waals surface area contributed by atoms with Gasteiger partial charge in [0, 0.05) is 36.4 Å². The smallest absolute Gasteiger partial charge is 0.253 e. The van der Waals surface area contributed by atoms with Crippen LogP contribution in [0.15, 0.2) is 18.2 Å².